The number of carbonyl (C=O) groups is 1. The fraction of sp³-hybridized carbons (Fsp3) is 0.250. The van der Waals surface area contributed by atoms with Gasteiger partial charge in [0.25, 0.3) is 5.91 Å². The Morgan fingerprint density at radius 2 is 2.00 bits per heavy atom. The minimum absolute atomic E-state index is 0.0534. The summed E-state index contributed by atoms with van der Waals surface area (Å²) in [4.78, 5) is 17.9. The maximum Gasteiger partial charge on any atom is 0.255 e. The van der Waals surface area contributed by atoms with E-state index in [1.807, 2.05) is 37.3 Å². The molecule has 0 aliphatic heterocycles. The Morgan fingerprint density at radius 1 is 1.24 bits per heavy atom. The molecule has 5 heteroatoms. The van der Waals surface area contributed by atoms with Gasteiger partial charge in [0.15, 0.2) is 0 Å². The molecule has 0 atom stereocenters. The zero-order valence-corrected chi connectivity index (χ0v) is 11.9. The van der Waals surface area contributed by atoms with Gasteiger partial charge in [-0.05, 0) is 25.1 Å². The number of nitrogens with zero attached hydrogens (tertiary/aromatic N) is 2. The van der Waals surface area contributed by atoms with E-state index in [-0.39, 0.29) is 12.5 Å². The lowest BCUT2D eigenvalue weighted by molar-refractivity contribution is 0.0731. The lowest BCUT2D eigenvalue weighted by atomic mass is 10.2. The van der Waals surface area contributed by atoms with Crippen molar-refractivity contribution in [3.05, 3.63) is 54.2 Å². The van der Waals surface area contributed by atoms with E-state index in [2.05, 4.69) is 4.98 Å². The third-order valence-electron chi connectivity index (χ3n) is 2.99. The summed E-state index contributed by atoms with van der Waals surface area (Å²) >= 11 is 0. The monoisotopic (exact) mass is 286 g/mol. The Bertz CT molecular complexity index is 570. The van der Waals surface area contributed by atoms with Crippen LogP contribution >= 0.6 is 0 Å². The largest absolute Gasteiger partial charge is 0.439 e. The number of hydrogen-bond donors (Lipinski definition) is 1. The van der Waals surface area contributed by atoms with Gasteiger partial charge < -0.3 is 14.7 Å². The molecular formula is C16H18N2O3. The van der Waals surface area contributed by atoms with Gasteiger partial charge in [0.05, 0.1) is 12.2 Å². The number of hydrogen-bond acceptors (Lipinski definition) is 4. The van der Waals surface area contributed by atoms with E-state index in [4.69, 9.17) is 9.84 Å². The quantitative estimate of drug-likeness (QED) is 0.885. The lowest BCUT2D eigenvalue weighted by Gasteiger charge is -2.19. The molecule has 1 amide bonds. The number of aliphatic hydroxyl groups is 1. The molecule has 2 rings (SSSR count). The summed E-state index contributed by atoms with van der Waals surface area (Å²) < 4.78 is 5.57. The Kier molecular flexibility index (Phi) is 5.29. The molecule has 110 valence electrons. The van der Waals surface area contributed by atoms with E-state index >= 15 is 0 Å². The first-order valence-corrected chi connectivity index (χ1v) is 6.83. The number of aliphatic hydroxyl groups excluding tert-OH is 1. The van der Waals surface area contributed by atoms with Gasteiger partial charge in [-0.2, -0.15) is 0 Å². The minimum atomic E-state index is -0.148. The van der Waals surface area contributed by atoms with Crippen molar-refractivity contribution in [3.63, 3.8) is 0 Å². The molecule has 0 unspecified atom stereocenters. The Hall–Kier alpha value is -2.40. The van der Waals surface area contributed by atoms with Crippen molar-refractivity contribution in [1.82, 2.24) is 9.88 Å². The van der Waals surface area contributed by atoms with Crippen molar-refractivity contribution in [3.8, 4) is 11.6 Å². The highest BCUT2D eigenvalue weighted by Crippen LogP contribution is 2.18. The second-order valence-corrected chi connectivity index (χ2v) is 4.41. The molecule has 1 heterocycles. The van der Waals surface area contributed by atoms with Crippen LogP contribution in [0, 0.1) is 0 Å². The molecule has 0 fully saturated rings. The first-order valence-electron chi connectivity index (χ1n) is 6.83. The van der Waals surface area contributed by atoms with E-state index in [9.17, 15) is 4.79 Å². The van der Waals surface area contributed by atoms with E-state index in [1.165, 1.54) is 6.20 Å². The third-order valence-corrected chi connectivity index (χ3v) is 2.99. The van der Waals surface area contributed by atoms with Crippen LogP contribution in [-0.2, 0) is 0 Å². The van der Waals surface area contributed by atoms with Crippen molar-refractivity contribution in [1.29, 1.82) is 0 Å². The summed E-state index contributed by atoms with van der Waals surface area (Å²) in [5.74, 6) is 0.979. The number of aromatic nitrogens is 1. The predicted octanol–water partition coefficient (Wildman–Crippen LogP) is 2.33. The molecule has 1 N–H and O–H groups in total. The Labute approximate surface area is 123 Å². The Balaban J connectivity index is 2.06. The number of para-hydroxylation sites is 1. The van der Waals surface area contributed by atoms with Crippen LogP contribution in [0.15, 0.2) is 48.7 Å². The SMILES string of the molecule is CCN(CCO)C(=O)c1ccc(Oc2ccccc2)nc1. The molecule has 0 aliphatic rings. The minimum Gasteiger partial charge on any atom is -0.439 e. The number of carbonyl (C=O) groups excluding carboxylic acids is 1. The predicted molar refractivity (Wildman–Crippen MR) is 79.4 cm³/mol. The number of rotatable bonds is 6. The normalized spacial score (nSPS) is 10.2. The van der Waals surface area contributed by atoms with Gasteiger partial charge in [-0.1, -0.05) is 18.2 Å². The molecule has 21 heavy (non-hydrogen) atoms. The number of ether oxygens (including phenoxy) is 1. The first kappa shape index (κ1) is 15.0. The summed E-state index contributed by atoms with van der Waals surface area (Å²) in [5, 5.41) is 8.94. The third kappa shape index (κ3) is 4.03. The highest BCUT2D eigenvalue weighted by Gasteiger charge is 2.14. The lowest BCUT2D eigenvalue weighted by Crippen LogP contribution is -2.33. The van der Waals surface area contributed by atoms with Gasteiger partial charge in [0, 0.05) is 25.4 Å². The summed E-state index contributed by atoms with van der Waals surface area (Å²) in [5.41, 5.74) is 0.478. The van der Waals surface area contributed by atoms with Crippen molar-refractivity contribution in [2.45, 2.75) is 6.92 Å². The molecule has 0 saturated heterocycles. The van der Waals surface area contributed by atoms with Gasteiger partial charge in [-0.15, -0.1) is 0 Å². The molecule has 0 radical (unpaired) electrons. The average Bonchev–Trinajstić information content (AvgIpc) is 2.54. The van der Waals surface area contributed by atoms with Crippen LogP contribution in [0.5, 0.6) is 11.6 Å². The van der Waals surface area contributed by atoms with Crippen LogP contribution in [0.25, 0.3) is 0 Å². The Morgan fingerprint density at radius 3 is 2.57 bits per heavy atom. The van der Waals surface area contributed by atoms with E-state index in [0.29, 0.717) is 30.3 Å². The molecular weight excluding hydrogens is 268 g/mol. The first-order chi connectivity index (χ1) is 10.2. The second kappa shape index (κ2) is 7.40. The van der Waals surface area contributed by atoms with Crippen LogP contribution in [0.1, 0.15) is 17.3 Å². The van der Waals surface area contributed by atoms with Crippen LogP contribution in [0.3, 0.4) is 0 Å². The summed E-state index contributed by atoms with van der Waals surface area (Å²) in [7, 11) is 0. The van der Waals surface area contributed by atoms with Crippen molar-refractivity contribution in [2.24, 2.45) is 0 Å². The van der Waals surface area contributed by atoms with Gasteiger partial charge >= 0.3 is 0 Å². The zero-order valence-electron chi connectivity index (χ0n) is 11.9. The van der Waals surface area contributed by atoms with Crippen LogP contribution in [0.2, 0.25) is 0 Å². The van der Waals surface area contributed by atoms with Crippen LogP contribution in [0.4, 0.5) is 0 Å². The van der Waals surface area contributed by atoms with Crippen molar-refractivity contribution in [2.75, 3.05) is 19.7 Å². The average molecular weight is 286 g/mol. The fourth-order valence-corrected chi connectivity index (χ4v) is 1.88. The van der Waals surface area contributed by atoms with Gasteiger partial charge in [-0.3, -0.25) is 4.79 Å². The molecule has 0 bridgehead atoms. The molecule has 5 nitrogen and oxygen atoms in total. The summed E-state index contributed by atoms with van der Waals surface area (Å²) in [6, 6.07) is 12.7. The van der Waals surface area contributed by atoms with E-state index < -0.39 is 0 Å². The highest BCUT2D eigenvalue weighted by atomic mass is 16.5. The molecule has 1 aromatic carbocycles. The number of pyridine rings is 1. The van der Waals surface area contributed by atoms with Gasteiger partial charge in [0.1, 0.15) is 5.75 Å². The number of amides is 1. The van der Waals surface area contributed by atoms with Crippen molar-refractivity contribution >= 4 is 5.91 Å². The molecule has 0 saturated carbocycles. The molecule has 2 aromatic rings. The fourth-order valence-electron chi connectivity index (χ4n) is 1.88. The van der Waals surface area contributed by atoms with Crippen molar-refractivity contribution < 1.29 is 14.6 Å². The standard InChI is InChI=1S/C16H18N2O3/c1-2-18(10-11-19)16(20)13-8-9-15(17-12-13)21-14-6-4-3-5-7-14/h3-9,12,19H,2,10-11H2,1H3. The molecule has 1 aromatic heterocycles. The molecule has 0 spiro atoms. The van der Waals surface area contributed by atoms with Crippen LogP contribution in [-0.4, -0.2) is 40.6 Å². The van der Waals surface area contributed by atoms with Gasteiger partial charge in [-0.25, -0.2) is 4.98 Å². The smallest absolute Gasteiger partial charge is 0.255 e. The van der Waals surface area contributed by atoms with Crippen LogP contribution < -0.4 is 4.74 Å². The van der Waals surface area contributed by atoms with Gasteiger partial charge in [0.2, 0.25) is 5.88 Å². The highest BCUT2D eigenvalue weighted by molar-refractivity contribution is 5.93. The second-order valence-electron chi connectivity index (χ2n) is 4.41. The zero-order chi connectivity index (χ0) is 15.1. The maximum absolute atomic E-state index is 12.2. The van der Waals surface area contributed by atoms with E-state index in [0.717, 1.165) is 0 Å². The maximum atomic E-state index is 12.2. The molecule has 0 aliphatic carbocycles. The van der Waals surface area contributed by atoms with E-state index in [1.54, 1.807) is 17.0 Å². The number of benzene rings is 1. The topological polar surface area (TPSA) is 62.7 Å². The summed E-state index contributed by atoms with van der Waals surface area (Å²) in [6.07, 6.45) is 1.49. The number of likely N-dealkylation sites (N-methyl/N-ethyl adjacent to an activating group) is 1. The summed E-state index contributed by atoms with van der Waals surface area (Å²) in [6.45, 7) is 2.68.